The van der Waals surface area contributed by atoms with Gasteiger partial charge in [-0.15, -0.1) is 0 Å². The van der Waals surface area contributed by atoms with Crippen LogP contribution in [0.5, 0.6) is 0 Å². The molecule has 0 heterocycles. The van der Waals surface area contributed by atoms with Gasteiger partial charge >= 0.3 is 0 Å². The van der Waals surface area contributed by atoms with Crippen LogP contribution in [-0.4, -0.2) is 34.1 Å². The highest BCUT2D eigenvalue weighted by atomic mass is 16.3. The number of allylic oxidation sites excluding steroid dienone is 1. The number of aliphatic hydroxyl groups excluding tert-OH is 3. The van der Waals surface area contributed by atoms with E-state index in [1.54, 1.807) is 6.08 Å². The molecule has 0 aromatic rings. The van der Waals surface area contributed by atoms with Crippen LogP contribution in [0.25, 0.3) is 0 Å². The zero-order valence-electron chi connectivity index (χ0n) is 10.6. The number of rotatable bonds is 6. The van der Waals surface area contributed by atoms with Gasteiger partial charge in [0.25, 0.3) is 0 Å². The molecule has 16 heavy (non-hydrogen) atoms. The molecule has 3 atom stereocenters. The molecular weight excluding hydrogens is 204 g/mol. The minimum Gasteiger partial charge on any atom is -0.392 e. The summed E-state index contributed by atoms with van der Waals surface area (Å²) in [7, 11) is 0. The van der Waals surface area contributed by atoms with Crippen molar-refractivity contribution >= 4 is 0 Å². The largest absolute Gasteiger partial charge is 0.392 e. The Balaban J connectivity index is 4.33. The van der Waals surface area contributed by atoms with Gasteiger partial charge in [0.05, 0.1) is 18.8 Å². The fraction of sp³-hybridized carbons (Fsp3) is 0.692. The van der Waals surface area contributed by atoms with Crippen LogP contribution in [0.1, 0.15) is 34.1 Å². The van der Waals surface area contributed by atoms with Crippen molar-refractivity contribution in [3.8, 4) is 0 Å². The highest BCUT2D eigenvalue weighted by Gasteiger charge is 2.22. The Morgan fingerprint density at radius 2 is 1.81 bits per heavy atom. The molecule has 0 spiro atoms. The summed E-state index contributed by atoms with van der Waals surface area (Å²) < 4.78 is 0. The minimum atomic E-state index is -0.608. The molecule has 0 radical (unpaired) electrons. The summed E-state index contributed by atoms with van der Waals surface area (Å²) in [4.78, 5) is 0. The molecule has 0 saturated heterocycles. The Hall–Kier alpha value is -0.640. The first kappa shape index (κ1) is 15.4. The monoisotopic (exact) mass is 228 g/mol. The van der Waals surface area contributed by atoms with Gasteiger partial charge in [-0.3, -0.25) is 0 Å². The summed E-state index contributed by atoms with van der Waals surface area (Å²) in [5.74, 6) is -0.209. The zero-order valence-corrected chi connectivity index (χ0v) is 10.6. The molecule has 0 aliphatic rings. The second kappa shape index (κ2) is 7.60. The average Bonchev–Trinajstić information content (AvgIpc) is 2.32. The third-order valence-electron chi connectivity index (χ3n) is 2.98. The van der Waals surface area contributed by atoms with Crippen LogP contribution >= 0.6 is 0 Å². The number of aliphatic hydroxyl groups is 3. The second-order valence-electron chi connectivity index (χ2n) is 4.35. The molecule has 0 aliphatic heterocycles. The van der Waals surface area contributed by atoms with Crippen LogP contribution in [0.15, 0.2) is 23.3 Å². The van der Waals surface area contributed by atoms with Gasteiger partial charge < -0.3 is 15.3 Å². The van der Waals surface area contributed by atoms with E-state index in [4.69, 9.17) is 5.11 Å². The van der Waals surface area contributed by atoms with Crippen molar-refractivity contribution in [2.75, 3.05) is 6.61 Å². The van der Waals surface area contributed by atoms with E-state index in [2.05, 4.69) is 0 Å². The van der Waals surface area contributed by atoms with E-state index in [1.807, 2.05) is 33.8 Å². The van der Waals surface area contributed by atoms with Crippen molar-refractivity contribution < 1.29 is 15.3 Å². The lowest BCUT2D eigenvalue weighted by molar-refractivity contribution is 0.0415. The molecule has 94 valence electrons. The van der Waals surface area contributed by atoms with Crippen LogP contribution in [0.3, 0.4) is 0 Å². The molecule has 0 aromatic heterocycles. The maximum absolute atomic E-state index is 9.88. The highest BCUT2D eigenvalue weighted by molar-refractivity contribution is 5.06. The van der Waals surface area contributed by atoms with Gasteiger partial charge in [-0.25, -0.2) is 0 Å². The number of hydrogen-bond acceptors (Lipinski definition) is 3. The van der Waals surface area contributed by atoms with Crippen LogP contribution in [0, 0.1) is 5.92 Å². The molecular formula is C13H24O3. The van der Waals surface area contributed by atoms with E-state index in [0.29, 0.717) is 6.42 Å². The van der Waals surface area contributed by atoms with Crippen LogP contribution in [-0.2, 0) is 0 Å². The summed E-state index contributed by atoms with van der Waals surface area (Å²) in [5.41, 5.74) is 1.71. The van der Waals surface area contributed by atoms with Crippen molar-refractivity contribution in [3.05, 3.63) is 23.3 Å². The molecule has 3 nitrogen and oxygen atoms in total. The lowest BCUT2D eigenvalue weighted by atomic mass is 9.91. The van der Waals surface area contributed by atoms with Crippen molar-refractivity contribution in [1.29, 1.82) is 0 Å². The van der Waals surface area contributed by atoms with E-state index in [0.717, 1.165) is 11.1 Å². The maximum atomic E-state index is 9.88. The predicted molar refractivity (Wildman–Crippen MR) is 66.1 cm³/mol. The lowest BCUT2D eigenvalue weighted by Gasteiger charge is -2.24. The first-order valence-corrected chi connectivity index (χ1v) is 5.69. The number of hydrogen-bond donors (Lipinski definition) is 3. The average molecular weight is 228 g/mol. The van der Waals surface area contributed by atoms with Gasteiger partial charge in [0.15, 0.2) is 0 Å². The normalized spacial score (nSPS) is 19.4. The van der Waals surface area contributed by atoms with Gasteiger partial charge in [-0.1, -0.05) is 24.6 Å². The van der Waals surface area contributed by atoms with Crippen molar-refractivity contribution in [2.45, 2.75) is 46.3 Å². The third kappa shape index (κ3) is 4.92. The topological polar surface area (TPSA) is 60.7 Å². The fourth-order valence-corrected chi connectivity index (χ4v) is 1.40. The Kier molecular flexibility index (Phi) is 7.30. The molecule has 3 heteroatoms. The van der Waals surface area contributed by atoms with Gasteiger partial charge in [-0.05, 0) is 32.8 Å². The molecule has 0 saturated carbocycles. The molecule has 0 amide bonds. The van der Waals surface area contributed by atoms with E-state index in [1.165, 1.54) is 0 Å². The maximum Gasteiger partial charge on any atom is 0.0797 e. The van der Waals surface area contributed by atoms with E-state index in [9.17, 15) is 10.2 Å². The summed E-state index contributed by atoms with van der Waals surface area (Å²) >= 11 is 0. The highest BCUT2D eigenvalue weighted by Crippen LogP contribution is 2.18. The molecule has 0 aliphatic carbocycles. The first-order valence-electron chi connectivity index (χ1n) is 5.69. The molecule has 0 aromatic carbocycles. The quantitative estimate of drug-likeness (QED) is 0.606. The van der Waals surface area contributed by atoms with Crippen LogP contribution < -0.4 is 0 Å². The summed E-state index contributed by atoms with van der Waals surface area (Å²) in [6, 6.07) is 0. The second-order valence-corrected chi connectivity index (χ2v) is 4.35. The van der Waals surface area contributed by atoms with Gasteiger partial charge in [0.2, 0.25) is 0 Å². The standard InChI is InChI=1S/C13H24O3/c1-5-10(3)13(16)11(4)12(15)7-6-9(2)8-14/h5-6,11-16H,7-8H2,1-4H3/b9-6+,10-5+/t11-,12-,13+/m0/s1. The SMILES string of the molecule is C/C=C(\C)[C@@H](O)[C@@H](C)[C@@H](O)C/C=C(\C)CO. The summed E-state index contributed by atoms with van der Waals surface area (Å²) in [6.07, 6.45) is 2.91. The Labute approximate surface area is 98.1 Å². The molecule has 0 unspecified atom stereocenters. The summed E-state index contributed by atoms with van der Waals surface area (Å²) in [6.45, 7) is 7.36. The molecule has 0 bridgehead atoms. The smallest absolute Gasteiger partial charge is 0.0797 e. The van der Waals surface area contributed by atoms with Gasteiger partial charge in [-0.2, -0.15) is 0 Å². The third-order valence-corrected chi connectivity index (χ3v) is 2.98. The van der Waals surface area contributed by atoms with Gasteiger partial charge in [0, 0.05) is 5.92 Å². The van der Waals surface area contributed by atoms with Crippen LogP contribution in [0.2, 0.25) is 0 Å². The van der Waals surface area contributed by atoms with Crippen molar-refractivity contribution in [1.82, 2.24) is 0 Å². The fourth-order valence-electron chi connectivity index (χ4n) is 1.40. The Morgan fingerprint density at radius 1 is 1.25 bits per heavy atom. The predicted octanol–water partition coefficient (Wildman–Crippen LogP) is 1.64. The van der Waals surface area contributed by atoms with Crippen molar-refractivity contribution in [2.24, 2.45) is 5.92 Å². The lowest BCUT2D eigenvalue weighted by Crippen LogP contribution is -2.30. The Bertz CT molecular complexity index is 256. The molecule has 3 N–H and O–H groups in total. The van der Waals surface area contributed by atoms with Gasteiger partial charge in [0.1, 0.15) is 0 Å². The molecule has 0 rings (SSSR count). The first-order chi connectivity index (χ1) is 7.43. The van der Waals surface area contributed by atoms with E-state index in [-0.39, 0.29) is 12.5 Å². The minimum absolute atomic E-state index is 0.0115. The van der Waals surface area contributed by atoms with E-state index < -0.39 is 12.2 Å². The zero-order chi connectivity index (χ0) is 12.7. The van der Waals surface area contributed by atoms with E-state index >= 15 is 0 Å². The van der Waals surface area contributed by atoms with Crippen LogP contribution in [0.4, 0.5) is 0 Å². The summed E-state index contributed by atoms with van der Waals surface area (Å²) in [5, 5.41) is 28.6. The van der Waals surface area contributed by atoms with Crippen molar-refractivity contribution in [3.63, 3.8) is 0 Å². The molecule has 0 fully saturated rings. The Morgan fingerprint density at radius 3 is 2.25 bits per heavy atom.